The molecule has 1 fully saturated rings. The Morgan fingerprint density at radius 2 is 2.11 bits per heavy atom. The van der Waals surface area contributed by atoms with Crippen molar-refractivity contribution >= 4 is 29.0 Å². The first-order valence-electron chi connectivity index (χ1n) is 6.30. The molecule has 1 aromatic carbocycles. The number of ketones is 1. The van der Waals surface area contributed by atoms with Crippen LogP contribution in [0.1, 0.15) is 43.0 Å². The summed E-state index contributed by atoms with van der Waals surface area (Å²) >= 11 is 11.8. The first kappa shape index (κ1) is 13.9. The minimum atomic E-state index is 0.125. The Labute approximate surface area is 118 Å². The lowest BCUT2D eigenvalue weighted by Crippen LogP contribution is -2.41. The number of nitrogens with one attached hydrogen (secondary N) is 1. The normalized spacial score (nSPS) is 23.9. The van der Waals surface area contributed by atoms with Crippen molar-refractivity contribution in [3.63, 3.8) is 0 Å². The summed E-state index contributed by atoms with van der Waals surface area (Å²) in [5, 5.41) is 4.38. The van der Waals surface area contributed by atoms with E-state index in [0.717, 1.165) is 6.42 Å². The van der Waals surface area contributed by atoms with Gasteiger partial charge in [0.2, 0.25) is 0 Å². The lowest BCUT2D eigenvalue weighted by Gasteiger charge is -2.28. The standard InChI is InChI=1S/C14H17Cl2NO/c1-9-3-2-4-11(17-9)8-14(18)10-5-6-12(15)13(16)7-10/h5-7,9,11,17H,2-4,8H2,1H3. The van der Waals surface area contributed by atoms with Gasteiger partial charge in [-0.05, 0) is 38.0 Å². The molecular formula is C14H17Cl2NO. The summed E-state index contributed by atoms with van der Waals surface area (Å²) in [5.74, 6) is 0.125. The molecule has 0 spiro atoms. The van der Waals surface area contributed by atoms with Crippen LogP contribution in [0.15, 0.2) is 18.2 Å². The molecule has 1 N–H and O–H groups in total. The second-order valence-electron chi connectivity index (χ2n) is 4.95. The highest BCUT2D eigenvalue weighted by Crippen LogP contribution is 2.24. The second kappa shape index (κ2) is 6.05. The molecule has 0 saturated carbocycles. The Morgan fingerprint density at radius 1 is 1.33 bits per heavy atom. The predicted octanol–water partition coefficient (Wildman–Crippen LogP) is 4.10. The maximum Gasteiger partial charge on any atom is 0.164 e. The molecule has 2 rings (SSSR count). The molecule has 18 heavy (non-hydrogen) atoms. The van der Waals surface area contributed by atoms with Gasteiger partial charge in [0.1, 0.15) is 0 Å². The highest BCUT2D eigenvalue weighted by atomic mass is 35.5. The van der Waals surface area contributed by atoms with Gasteiger partial charge in [0, 0.05) is 24.1 Å². The summed E-state index contributed by atoms with van der Waals surface area (Å²) in [6.45, 7) is 2.16. The van der Waals surface area contributed by atoms with E-state index in [1.54, 1.807) is 18.2 Å². The molecule has 0 aromatic heterocycles. The van der Waals surface area contributed by atoms with Crippen molar-refractivity contribution in [3.8, 4) is 0 Å². The summed E-state index contributed by atoms with van der Waals surface area (Å²) in [5.41, 5.74) is 0.643. The zero-order valence-electron chi connectivity index (χ0n) is 10.4. The van der Waals surface area contributed by atoms with Gasteiger partial charge in [-0.25, -0.2) is 0 Å². The monoisotopic (exact) mass is 285 g/mol. The van der Waals surface area contributed by atoms with Gasteiger partial charge in [0.05, 0.1) is 10.0 Å². The first-order chi connectivity index (χ1) is 8.56. The number of hydrogen-bond acceptors (Lipinski definition) is 2. The third kappa shape index (κ3) is 3.47. The van der Waals surface area contributed by atoms with Crippen LogP contribution < -0.4 is 5.32 Å². The Bertz CT molecular complexity index is 447. The molecule has 0 radical (unpaired) electrons. The quantitative estimate of drug-likeness (QED) is 0.848. The fourth-order valence-electron chi connectivity index (χ4n) is 2.41. The number of hydrogen-bond donors (Lipinski definition) is 1. The fraction of sp³-hybridized carbons (Fsp3) is 0.500. The summed E-state index contributed by atoms with van der Waals surface area (Å²) in [6.07, 6.45) is 3.98. The van der Waals surface area contributed by atoms with Crippen LogP contribution in [-0.2, 0) is 0 Å². The molecule has 1 aliphatic heterocycles. The maximum absolute atomic E-state index is 12.1. The van der Waals surface area contributed by atoms with Crippen LogP contribution in [0.5, 0.6) is 0 Å². The van der Waals surface area contributed by atoms with Gasteiger partial charge in [-0.1, -0.05) is 29.6 Å². The maximum atomic E-state index is 12.1. The number of halogens is 2. The van der Waals surface area contributed by atoms with E-state index < -0.39 is 0 Å². The zero-order chi connectivity index (χ0) is 13.1. The summed E-state index contributed by atoms with van der Waals surface area (Å²) in [7, 11) is 0. The van der Waals surface area contributed by atoms with Crippen molar-refractivity contribution < 1.29 is 4.79 Å². The minimum Gasteiger partial charge on any atom is -0.311 e. The third-order valence-corrected chi connectivity index (χ3v) is 4.12. The van der Waals surface area contributed by atoms with E-state index in [-0.39, 0.29) is 11.8 Å². The van der Waals surface area contributed by atoms with Crippen LogP contribution >= 0.6 is 23.2 Å². The number of carbonyl (C=O) groups is 1. The number of carbonyl (C=O) groups excluding carboxylic acids is 1. The third-order valence-electron chi connectivity index (χ3n) is 3.38. The Morgan fingerprint density at radius 3 is 2.78 bits per heavy atom. The number of Topliss-reactive ketones (excluding diaryl/α,β-unsaturated/α-hetero) is 1. The molecule has 1 aromatic rings. The highest BCUT2D eigenvalue weighted by molar-refractivity contribution is 6.42. The summed E-state index contributed by atoms with van der Waals surface area (Å²) in [6, 6.07) is 5.86. The highest BCUT2D eigenvalue weighted by Gasteiger charge is 2.21. The van der Waals surface area contributed by atoms with Crippen molar-refractivity contribution in [1.82, 2.24) is 5.32 Å². The van der Waals surface area contributed by atoms with Crippen molar-refractivity contribution in [1.29, 1.82) is 0 Å². The Balaban J connectivity index is 2.00. The molecule has 1 saturated heterocycles. The van der Waals surface area contributed by atoms with Crippen LogP contribution in [-0.4, -0.2) is 17.9 Å². The van der Waals surface area contributed by atoms with Crippen molar-refractivity contribution in [3.05, 3.63) is 33.8 Å². The van der Waals surface area contributed by atoms with Crippen LogP contribution in [0.2, 0.25) is 10.0 Å². The number of piperidine rings is 1. The molecular weight excluding hydrogens is 269 g/mol. The van der Waals surface area contributed by atoms with Crippen molar-refractivity contribution in [2.24, 2.45) is 0 Å². The second-order valence-corrected chi connectivity index (χ2v) is 5.77. The molecule has 0 aliphatic carbocycles. The van der Waals surface area contributed by atoms with Gasteiger partial charge in [-0.2, -0.15) is 0 Å². The van der Waals surface area contributed by atoms with Gasteiger partial charge in [0.15, 0.2) is 5.78 Å². The summed E-state index contributed by atoms with van der Waals surface area (Å²) < 4.78 is 0. The fourth-order valence-corrected chi connectivity index (χ4v) is 2.71. The molecule has 0 bridgehead atoms. The van der Waals surface area contributed by atoms with E-state index >= 15 is 0 Å². The van der Waals surface area contributed by atoms with Gasteiger partial charge >= 0.3 is 0 Å². The van der Waals surface area contributed by atoms with E-state index in [2.05, 4.69) is 12.2 Å². The molecule has 2 nitrogen and oxygen atoms in total. The van der Waals surface area contributed by atoms with Crippen molar-refractivity contribution in [2.45, 2.75) is 44.7 Å². The smallest absolute Gasteiger partial charge is 0.164 e. The van der Waals surface area contributed by atoms with Crippen LogP contribution in [0.25, 0.3) is 0 Å². The average molecular weight is 286 g/mol. The molecule has 2 unspecified atom stereocenters. The zero-order valence-corrected chi connectivity index (χ0v) is 11.9. The van der Waals surface area contributed by atoms with E-state index in [1.165, 1.54) is 12.8 Å². The van der Waals surface area contributed by atoms with Crippen LogP contribution in [0, 0.1) is 0 Å². The lowest BCUT2D eigenvalue weighted by atomic mass is 9.94. The molecule has 2 atom stereocenters. The Kier molecular flexibility index (Phi) is 4.66. The van der Waals surface area contributed by atoms with Crippen LogP contribution in [0.3, 0.4) is 0 Å². The summed E-state index contributed by atoms with van der Waals surface area (Å²) in [4.78, 5) is 12.1. The van der Waals surface area contributed by atoms with E-state index in [4.69, 9.17) is 23.2 Å². The molecule has 1 aliphatic rings. The van der Waals surface area contributed by atoms with Gasteiger partial charge in [-0.15, -0.1) is 0 Å². The van der Waals surface area contributed by atoms with E-state index in [9.17, 15) is 4.79 Å². The van der Waals surface area contributed by atoms with Crippen LogP contribution in [0.4, 0.5) is 0 Å². The minimum absolute atomic E-state index is 0.125. The van der Waals surface area contributed by atoms with E-state index in [1.807, 2.05) is 0 Å². The van der Waals surface area contributed by atoms with Crippen molar-refractivity contribution in [2.75, 3.05) is 0 Å². The van der Waals surface area contributed by atoms with Gasteiger partial charge < -0.3 is 5.32 Å². The topological polar surface area (TPSA) is 29.1 Å². The largest absolute Gasteiger partial charge is 0.311 e. The SMILES string of the molecule is CC1CCCC(CC(=O)c2ccc(Cl)c(Cl)c2)N1. The number of benzene rings is 1. The number of rotatable bonds is 3. The van der Waals surface area contributed by atoms with Gasteiger partial charge in [-0.3, -0.25) is 4.79 Å². The van der Waals surface area contributed by atoms with Gasteiger partial charge in [0.25, 0.3) is 0 Å². The molecule has 0 amide bonds. The van der Waals surface area contributed by atoms with E-state index in [0.29, 0.717) is 28.1 Å². The molecule has 1 heterocycles. The lowest BCUT2D eigenvalue weighted by molar-refractivity contribution is 0.0960. The molecule has 98 valence electrons. The average Bonchev–Trinajstić information content (AvgIpc) is 2.32. The molecule has 4 heteroatoms. The predicted molar refractivity (Wildman–Crippen MR) is 75.6 cm³/mol. The first-order valence-corrected chi connectivity index (χ1v) is 7.06. The Hall–Kier alpha value is -0.570.